The summed E-state index contributed by atoms with van der Waals surface area (Å²) in [5.74, 6) is 0.618. The summed E-state index contributed by atoms with van der Waals surface area (Å²) in [5, 5.41) is 7.68. The van der Waals surface area contributed by atoms with Crippen molar-refractivity contribution in [1.82, 2.24) is 30.0 Å². The second-order valence-corrected chi connectivity index (χ2v) is 7.56. The van der Waals surface area contributed by atoms with Gasteiger partial charge in [-0.15, -0.1) is 0 Å². The first kappa shape index (κ1) is 16.1. The molecule has 0 atom stereocenters. The molecular formula is C23H23N7O. The van der Waals surface area contributed by atoms with Crippen LogP contribution in [-0.4, -0.2) is 69.0 Å². The third-order valence-corrected chi connectivity index (χ3v) is 5.47. The molecular weight excluding hydrogens is 390 g/mol. The molecule has 1 fully saturated rings. The highest BCUT2D eigenvalue weighted by Crippen LogP contribution is 2.22. The summed E-state index contributed by atoms with van der Waals surface area (Å²) >= 11 is 0. The van der Waals surface area contributed by atoms with Gasteiger partial charge in [-0.1, -0.05) is 0 Å². The topological polar surface area (TPSA) is 90.9 Å². The Hall–Kier alpha value is -3.65. The van der Waals surface area contributed by atoms with E-state index in [0.717, 1.165) is 22.0 Å². The van der Waals surface area contributed by atoms with Gasteiger partial charge in [-0.2, -0.15) is 5.10 Å². The van der Waals surface area contributed by atoms with E-state index >= 15 is 0 Å². The van der Waals surface area contributed by atoms with Crippen LogP contribution in [0.3, 0.4) is 0 Å². The van der Waals surface area contributed by atoms with Crippen molar-refractivity contribution in [2.45, 2.75) is 6.42 Å². The molecule has 1 aliphatic heterocycles. The number of carbonyl (C=O) groups excluding carboxylic acids is 1. The molecule has 0 aliphatic carbocycles. The Morgan fingerprint density at radius 1 is 1.06 bits per heavy atom. The fourth-order valence-corrected chi connectivity index (χ4v) is 3.71. The van der Waals surface area contributed by atoms with Crippen LogP contribution in [0.15, 0.2) is 55.2 Å². The standard InChI is InChI=1S/C23H23N7O/c1-29-4-6-30(7-5-29)23-10-16(2-3-24-23)22(31)11-20-9-17-8-18(19-13-27-28-14-19)12-26-21(17)15-25-20/h2-3,8-10,12-15H,4-7,11H2,1H3,(H,27,28)/i1D3. The quantitative estimate of drug-likeness (QED) is 0.500. The predicted octanol–water partition coefficient (Wildman–Crippen LogP) is 2.59. The van der Waals surface area contributed by atoms with E-state index in [2.05, 4.69) is 25.1 Å². The van der Waals surface area contributed by atoms with Gasteiger partial charge in [-0.25, -0.2) is 4.98 Å². The SMILES string of the molecule is [2H]C([2H])([2H])N1CCN(c2cc(C(=O)Cc3cc4cc(-c5cn[nH]c5)cnc4cn3)ccn2)CC1. The fourth-order valence-electron chi connectivity index (χ4n) is 3.71. The van der Waals surface area contributed by atoms with Crippen molar-refractivity contribution in [1.29, 1.82) is 0 Å². The Morgan fingerprint density at radius 3 is 2.77 bits per heavy atom. The Morgan fingerprint density at radius 2 is 1.97 bits per heavy atom. The molecule has 0 bridgehead atoms. The van der Waals surface area contributed by atoms with E-state index in [1.807, 2.05) is 17.0 Å². The highest BCUT2D eigenvalue weighted by atomic mass is 16.1. The average molecular weight is 417 g/mol. The minimum absolute atomic E-state index is 0.0597. The molecule has 0 amide bonds. The molecule has 4 aromatic heterocycles. The first-order valence-corrected chi connectivity index (χ1v) is 10.1. The molecule has 0 unspecified atom stereocenters. The smallest absolute Gasteiger partial charge is 0.169 e. The van der Waals surface area contributed by atoms with Crippen molar-refractivity contribution in [2.75, 3.05) is 38.1 Å². The van der Waals surface area contributed by atoms with Gasteiger partial charge < -0.3 is 9.80 Å². The lowest BCUT2D eigenvalue weighted by Crippen LogP contribution is -2.44. The van der Waals surface area contributed by atoms with Crippen molar-refractivity contribution in [2.24, 2.45) is 0 Å². The average Bonchev–Trinajstić information content (AvgIpc) is 3.38. The van der Waals surface area contributed by atoms with Crippen LogP contribution in [-0.2, 0) is 6.42 Å². The molecule has 0 spiro atoms. The molecule has 0 aromatic carbocycles. The molecule has 8 heteroatoms. The Bertz CT molecular complexity index is 1320. The number of rotatable bonds is 5. The number of anilines is 1. The first-order valence-electron chi connectivity index (χ1n) is 11.6. The van der Waals surface area contributed by atoms with Gasteiger partial charge in [-0.3, -0.25) is 19.9 Å². The number of likely N-dealkylation sites (N-methyl/N-ethyl adjacent to an activating group) is 1. The Kier molecular flexibility index (Phi) is 4.27. The van der Waals surface area contributed by atoms with Crippen molar-refractivity contribution in [3.63, 3.8) is 0 Å². The van der Waals surface area contributed by atoms with Gasteiger partial charge in [-0.05, 0) is 31.2 Å². The number of carbonyl (C=O) groups is 1. The number of pyridine rings is 3. The van der Waals surface area contributed by atoms with Gasteiger partial charge in [0.25, 0.3) is 0 Å². The maximum atomic E-state index is 13.0. The molecule has 5 heterocycles. The summed E-state index contributed by atoms with van der Waals surface area (Å²) in [6, 6.07) is 7.36. The van der Waals surface area contributed by atoms with Crippen LogP contribution < -0.4 is 4.90 Å². The minimum Gasteiger partial charge on any atom is -0.354 e. The minimum atomic E-state index is -2.08. The van der Waals surface area contributed by atoms with Gasteiger partial charge in [0.2, 0.25) is 0 Å². The van der Waals surface area contributed by atoms with Crippen LogP contribution in [0.4, 0.5) is 5.82 Å². The molecule has 8 nitrogen and oxygen atoms in total. The molecule has 156 valence electrons. The zero-order chi connectivity index (χ0) is 23.7. The van der Waals surface area contributed by atoms with Gasteiger partial charge in [0.05, 0.1) is 24.3 Å². The largest absolute Gasteiger partial charge is 0.354 e. The maximum Gasteiger partial charge on any atom is 0.169 e. The van der Waals surface area contributed by atoms with Crippen molar-refractivity contribution < 1.29 is 8.91 Å². The number of H-pyrrole nitrogens is 1. The van der Waals surface area contributed by atoms with Crippen LogP contribution >= 0.6 is 0 Å². The number of hydrogen-bond acceptors (Lipinski definition) is 7. The number of nitrogens with one attached hydrogen (secondary N) is 1. The van der Waals surface area contributed by atoms with Gasteiger partial charge in [0.1, 0.15) is 5.82 Å². The highest BCUT2D eigenvalue weighted by Gasteiger charge is 2.17. The zero-order valence-corrected chi connectivity index (χ0v) is 16.8. The Balaban J connectivity index is 1.31. The molecule has 4 aromatic rings. The molecule has 0 radical (unpaired) electrons. The third-order valence-electron chi connectivity index (χ3n) is 5.47. The van der Waals surface area contributed by atoms with E-state index in [1.165, 1.54) is 4.90 Å². The molecule has 31 heavy (non-hydrogen) atoms. The fraction of sp³-hybridized carbons (Fsp3) is 0.261. The summed E-state index contributed by atoms with van der Waals surface area (Å²) in [7, 11) is 0. The van der Waals surface area contributed by atoms with Gasteiger partial charge in [0.15, 0.2) is 5.78 Å². The summed E-state index contributed by atoms with van der Waals surface area (Å²) in [6.45, 7) is -0.153. The van der Waals surface area contributed by atoms with E-state index in [0.29, 0.717) is 43.3 Å². The summed E-state index contributed by atoms with van der Waals surface area (Å²) < 4.78 is 22.7. The number of Topliss-reactive ketones (excluding diaryl/α,β-unsaturated/α-hetero) is 1. The number of nitrogens with zero attached hydrogens (tertiary/aromatic N) is 6. The maximum absolute atomic E-state index is 13.0. The number of hydrogen-bond donors (Lipinski definition) is 1. The van der Waals surface area contributed by atoms with E-state index in [-0.39, 0.29) is 12.2 Å². The molecule has 1 saturated heterocycles. The number of aromatic nitrogens is 5. The molecule has 1 N–H and O–H groups in total. The van der Waals surface area contributed by atoms with Crippen LogP contribution in [0, 0.1) is 0 Å². The summed E-state index contributed by atoms with van der Waals surface area (Å²) in [5.41, 5.74) is 3.84. The lowest BCUT2D eigenvalue weighted by Gasteiger charge is -2.33. The predicted molar refractivity (Wildman–Crippen MR) is 119 cm³/mol. The molecule has 5 rings (SSSR count). The molecule has 0 saturated carbocycles. The number of ketones is 1. The van der Waals surface area contributed by atoms with E-state index in [4.69, 9.17) is 4.11 Å². The Labute approximate surface area is 184 Å². The lowest BCUT2D eigenvalue weighted by molar-refractivity contribution is 0.0992. The van der Waals surface area contributed by atoms with Crippen LogP contribution in [0.5, 0.6) is 0 Å². The van der Waals surface area contributed by atoms with Crippen molar-refractivity contribution in [3.05, 3.63) is 66.5 Å². The normalized spacial score (nSPS) is 16.6. The van der Waals surface area contributed by atoms with E-state index in [1.54, 1.807) is 43.1 Å². The van der Waals surface area contributed by atoms with Gasteiger partial charge in [0, 0.05) is 76.7 Å². The summed E-state index contributed by atoms with van der Waals surface area (Å²) in [6.07, 6.45) is 8.77. The third kappa shape index (κ3) is 4.15. The second kappa shape index (κ2) is 8.23. The number of piperazine rings is 1. The summed E-state index contributed by atoms with van der Waals surface area (Å²) in [4.78, 5) is 29.8. The second-order valence-electron chi connectivity index (χ2n) is 7.56. The highest BCUT2D eigenvalue weighted by molar-refractivity contribution is 5.98. The van der Waals surface area contributed by atoms with Crippen molar-refractivity contribution in [3.8, 4) is 11.1 Å². The van der Waals surface area contributed by atoms with E-state index < -0.39 is 6.98 Å². The first-order chi connectivity index (χ1) is 16.4. The van der Waals surface area contributed by atoms with Crippen LogP contribution in [0.1, 0.15) is 20.2 Å². The molecule has 1 aliphatic rings. The van der Waals surface area contributed by atoms with Gasteiger partial charge >= 0.3 is 0 Å². The van der Waals surface area contributed by atoms with Crippen LogP contribution in [0.25, 0.3) is 22.0 Å². The zero-order valence-electron chi connectivity index (χ0n) is 19.8. The van der Waals surface area contributed by atoms with Crippen LogP contribution in [0.2, 0.25) is 0 Å². The van der Waals surface area contributed by atoms with E-state index in [9.17, 15) is 4.79 Å². The van der Waals surface area contributed by atoms with Crippen molar-refractivity contribution >= 4 is 22.5 Å². The monoisotopic (exact) mass is 416 g/mol. The lowest BCUT2D eigenvalue weighted by atomic mass is 10.0. The number of aromatic amines is 1. The number of fused-ring (bicyclic) bond motifs is 1.